The summed E-state index contributed by atoms with van der Waals surface area (Å²) in [5, 5.41) is 33.4. The first-order chi connectivity index (χ1) is 19.4. The minimum atomic E-state index is -1.71. The normalized spacial score (nSPS) is 14.1. The molecule has 0 unspecified atom stereocenters. The molecule has 0 heterocycles. The Balaban J connectivity index is 6.04. The molecule has 6 amide bonds. The second-order valence-electron chi connectivity index (χ2n) is 11.6. The van der Waals surface area contributed by atoms with E-state index >= 15 is 0 Å². The molecule has 15 nitrogen and oxygen atoms in total. The fraction of sp³-hybridized carbons (Fsp3) is 0.741. The van der Waals surface area contributed by atoms with E-state index in [9.17, 15) is 43.8 Å². The number of carboxylic acids is 2. The summed E-state index contributed by atoms with van der Waals surface area (Å²) in [6, 6.07) is -6.50. The zero-order valence-electron chi connectivity index (χ0n) is 25.8. The van der Waals surface area contributed by atoms with Gasteiger partial charge in [-0.3, -0.25) is 24.0 Å². The Labute approximate surface area is 246 Å². The average molecular weight is 601 g/mol. The SMILES string of the molecule is CCC(CC)NC(=O)N[C@H](C(=O)N[C@@H](CC(=O)NC)C(=O)N[C@@H](CC(=O)O)C(=O)N[C@@H](CC(C)C)C(=O)O)C(C)(C)C. The lowest BCUT2D eigenvalue weighted by Gasteiger charge is -2.32. The summed E-state index contributed by atoms with van der Waals surface area (Å²) >= 11 is 0. The Morgan fingerprint density at radius 1 is 0.690 bits per heavy atom. The first-order valence-electron chi connectivity index (χ1n) is 14.0. The Kier molecular flexibility index (Phi) is 16.1. The largest absolute Gasteiger partial charge is 0.481 e. The first-order valence-corrected chi connectivity index (χ1v) is 14.0. The van der Waals surface area contributed by atoms with Crippen molar-refractivity contribution in [3.63, 3.8) is 0 Å². The van der Waals surface area contributed by atoms with E-state index in [1.807, 2.05) is 13.8 Å². The van der Waals surface area contributed by atoms with Crippen molar-refractivity contribution in [3.8, 4) is 0 Å². The summed E-state index contributed by atoms with van der Waals surface area (Å²) in [7, 11) is 1.31. The highest BCUT2D eigenvalue weighted by atomic mass is 16.4. The lowest BCUT2D eigenvalue weighted by Crippen LogP contribution is -2.61. The Hall–Kier alpha value is -3.91. The van der Waals surface area contributed by atoms with Gasteiger partial charge in [-0.2, -0.15) is 0 Å². The van der Waals surface area contributed by atoms with Crippen molar-refractivity contribution in [3.05, 3.63) is 0 Å². The van der Waals surface area contributed by atoms with E-state index in [0.29, 0.717) is 12.8 Å². The summed E-state index contributed by atoms with van der Waals surface area (Å²) in [6.07, 6.45) is -0.0803. The van der Waals surface area contributed by atoms with Crippen LogP contribution in [-0.2, 0) is 28.8 Å². The number of hydrogen-bond donors (Lipinski definition) is 8. The van der Waals surface area contributed by atoms with E-state index in [1.54, 1.807) is 34.6 Å². The molecule has 0 rings (SSSR count). The number of rotatable bonds is 17. The number of aliphatic carboxylic acids is 2. The number of carbonyl (C=O) groups excluding carboxylic acids is 5. The standard InChI is InChI=1S/C27H48N6O9/c1-9-15(10-2)29-26(42)33-21(27(5,6)7)24(39)31-16(12-19(34)28-8)22(37)30-17(13-20(35)36)23(38)32-18(25(40)41)11-14(3)4/h14-18,21H,9-13H2,1-8H3,(H,28,34)(H,30,37)(H,31,39)(H,32,38)(H,35,36)(H,40,41)(H2,29,33,42)/t16-,17-,18-,21+/m0/s1. The maximum Gasteiger partial charge on any atom is 0.326 e. The van der Waals surface area contributed by atoms with Crippen molar-refractivity contribution in [2.24, 2.45) is 11.3 Å². The predicted molar refractivity (Wildman–Crippen MR) is 153 cm³/mol. The van der Waals surface area contributed by atoms with Gasteiger partial charge in [0.2, 0.25) is 23.6 Å². The lowest BCUT2D eigenvalue weighted by molar-refractivity contribution is -0.144. The van der Waals surface area contributed by atoms with Crippen LogP contribution in [0.2, 0.25) is 0 Å². The molecule has 8 N–H and O–H groups in total. The highest BCUT2D eigenvalue weighted by Crippen LogP contribution is 2.20. The smallest absolute Gasteiger partial charge is 0.326 e. The summed E-state index contributed by atoms with van der Waals surface area (Å²) in [6.45, 7) is 12.3. The highest BCUT2D eigenvalue weighted by Gasteiger charge is 2.37. The van der Waals surface area contributed by atoms with Crippen LogP contribution >= 0.6 is 0 Å². The summed E-state index contributed by atoms with van der Waals surface area (Å²) in [5.41, 5.74) is -0.836. The molecule has 0 aromatic carbocycles. The van der Waals surface area contributed by atoms with Crippen molar-refractivity contribution in [1.82, 2.24) is 31.9 Å². The van der Waals surface area contributed by atoms with Crippen molar-refractivity contribution in [1.29, 1.82) is 0 Å². The fourth-order valence-corrected chi connectivity index (χ4v) is 3.90. The van der Waals surface area contributed by atoms with Crippen LogP contribution in [0.1, 0.15) is 80.6 Å². The topological polar surface area (TPSA) is 232 Å². The quantitative estimate of drug-likeness (QED) is 0.113. The second-order valence-corrected chi connectivity index (χ2v) is 11.6. The molecule has 0 spiro atoms. The molecule has 0 fully saturated rings. The number of urea groups is 1. The van der Waals surface area contributed by atoms with E-state index in [4.69, 9.17) is 0 Å². The Morgan fingerprint density at radius 2 is 1.17 bits per heavy atom. The van der Waals surface area contributed by atoms with Crippen molar-refractivity contribution in [2.45, 2.75) is 111 Å². The number of carbonyl (C=O) groups is 7. The molecule has 4 atom stereocenters. The van der Waals surface area contributed by atoms with Gasteiger partial charge in [-0.25, -0.2) is 9.59 Å². The molecule has 240 valence electrons. The van der Waals surface area contributed by atoms with Crippen LogP contribution < -0.4 is 31.9 Å². The van der Waals surface area contributed by atoms with Gasteiger partial charge in [0.25, 0.3) is 0 Å². The van der Waals surface area contributed by atoms with Gasteiger partial charge in [-0.1, -0.05) is 48.5 Å². The molecule has 0 saturated carbocycles. The zero-order valence-corrected chi connectivity index (χ0v) is 25.8. The lowest BCUT2D eigenvalue weighted by atomic mass is 9.86. The van der Waals surface area contributed by atoms with Gasteiger partial charge in [0.15, 0.2) is 0 Å². The van der Waals surface area contributed by atoms with Gasteiger partial charge in [0.1, 0.15) is 24.2 Å². The predicted octanol–water partition coefficient (Wildman–Crippen LogP) is 0.0848. The summed E-state index contributed by atoms with van der Waals surface area (Å²) < 4.78 is 0. The summed E-state index contributed by atoms with van der Waals surface area (Å²) in [5.74, 6) is -6.48. The second kappa shape index (κ2) is 17.8. The maximum atomic E-state index is 13.4. The van der Waals surface area contributed by atoms with Crippen LogP contribution in [0.5, 0.6) is 0 Å². The number of hydrogen-bond acceptors (Lipinski definition) is 7. The van der Waals surface area contributed by atoms with Crippen LogP contribution in [0.15, 0.2) is 0 Å². The molecule has 0 radical (unpaired) electrons. The van der Waals surface area contributed by atoms with Crippen LogP contribution in [0.4, 0.5) is 4.79 Å². The van der Waals surface area contributed by atoms with E-state index in [1.165, 1.54) is 7.05 Å². The van der Waals surface area contributed by atoms with E-state index < -0.39 is 84.0 Å². The number of amides is 6. The van der Waals surface area contributed by atoms with Crippen LogP contribution in [-0.4, -0.2) is 89.1 Å². The molecule has 15 heteroatoms. The number of carboxylic acid groups (broad SMARTS) is 2. The number of nitrogens with one attached hydrogen (secondary N) is 6. The van der Waals surface area contributed by atoms with E-state index in [-0.39, 0.29) is 18.4 Å². The third-order valence-electron chi connectivity index (χ3n) is 6.36. The van der Waals surface area contributed by atoms with Gasteiger partial charge in [0.05, 0.1) is 12.8 Å². The van der Waals surface area contributed by atoms with Gasteiger partial charge in [-0.05, 0) is 30.6 Å². The molecule has 0 saturated heterocycles. The third kappa shape index (κ3) is 14.1. The zero-order chi connectivity index (χ0) is 32.8. The van der Waals surface area contributed by atoms with E-state index in [0.717, 1.165) is 0 Å². The van der Waals surface area contributed by atoms with Crippen molar-refractivity contribution < 1.29 is 43.8 Å². The maximum absolute atomic E-state index is 13.4. The Bertz CT molecular complexity index is 976. The van der Waals surface area contributed by atoms with E-state index in [2.05, 4.69) is 31.9 Å². The summed E-state index contributed by atoms with van der Waals surface area (Å²) in [4.78, 5) is 87.3. The highest BCUT2D eigenvalue weighted by molar-refractivity contribution is 5.98. The monoisotopic (exact) mass is 600 g/mol. The first kappa shape index (κ1) is 38.1. The molecule has 0 aliphatic rings. The van der Waals surface area contributed by atoms with Gasteiger partial charge >= 0.3 is 18.0 Å². The molecule has 0 aliphatic carbocycles. The molecular formula is C27H48N6O9. The average Bonchev–Trinajstić information content (AvgIpc) is 2.87. The molecule has 42 heavy (non-hydrogen) atoms. The molecular weight excluding hydrogens is 552 g/mol. The molecule has 0 aromatic rings. The molecule has 0 bridgehead atoms. The van der Waals surface area contributed by atoms with Gasteiger partial charge in [0, 0.05) is 13.1 Å². The fourth-order valence-electron chi connectivity index (χ4n) is 3.90. The Morgan fingerprint density at radius 3 is 1.57 bits per heavy atom. The van der Waals surface area contributed by atoms with Crippen molar-refractivity contribution in [2.75, 3.05) is 7.05 Å². The van der Waals surface area contributed by atoms with Gasteiger partial charge in [-0.15, -0.1) is 0 Å². The van der Waals surface area contributed by atoms with Crippen LogP contribution in [0.3, 0.4) is 0 Å². The molecule has 0 aliphatic heterocycles. The van der Waals surface area contributed by atoms with Crippen molar-refractivity contribution >= 4 is 41.6 Å². The third-order valence-corrected chi connectivity index (χ3v) is 6.36. The van der Waals surface area contributed by atoms with Gasteiger partial charge < -0.3 is 42.1 Å². The minimum Gasteiger partial charge on any atom is -0.481 e. The molecule has 0 aromatic heterocycles. The minimum absolute atomic E-state index is 0.0518. The van der Waals surface area contributed by atoms with Crippen LogP contribution in [0.25, 0.3) is 0 Å². The van der Waals surface area contributed by atoms with Crippen LogP contribution in [0, 0.1) is 11.3 Å².